The predicted molar refractivity (Wildman–Crippen MR) is 158 cm³/mol. The van der Waals surface area contributed by atoms with Gasteiger partial charge in [0.1, 0.15) is 5.75 Å². The van der Waals surface area contributed by atoms with E-state index in [1.54, 1.807) is 24.1 Å². The van der Waals surface area contributed by atoms with Crippen molar-refractivity contribution in [3.8, 4) is 11.6 Å². The van der Waals surface area contributed by atoms with Crippen LogP contribution >= 0.6 is 0 Å². The van der Waals surface area contributed by atoms with Crippen molar-refractivity contribution in [1.29, 1.82) is 0 Å². The molecule has 0 aliphatic carbocycles. The lowest BCUT2D eigenvalue weighted by atomic mass is 9.89. The van der Waals surface area contributed by atoms with Crippen molar-refractivity contribution in [1.82, 2.24) is 29.7 Å². The Hall–Kier alpha value is -4.16. The summed E-state index contributed by atoms with van der Waals surface area (Å²) in [6.07, 6.45) is -0.712. The lowest BCUT2D eigenvalue weighted by molar-refractivity contribution is -0.274. The first-order chi connectivity index (χ1) is 21.2. The summed E-state index contributed by atoms with van der Waals surface area (Å²) < 4.78 is 46.3. The fourth-order valence-corrected chi connectivity index (χ4v) is 6.00. The van der Waals surface area contributed by atoms with Crippen LogP contribution in [-0.4, -0.2) is 88.3 Å². The van der Waals surface area contributed by atoms with E-state index >= 15 is 0 Å². The fourth-order valence-electron chi connectivity index (χ4n) is 6.00. The Morgan fingerprint density at radius 1 is 0.909 bits per heavy atom. The first-order valence-corrected chi connectivity index (χ1v) is 14.8. The van der Waals surface area contributed by atoms with E-state index in [9.17, 15) is 18.0 Å². The van der Waals surface area contributed by atoms with Crippen molar-refractivity contribution in [3.63, 3.8) is 0 Å². The third kappa shape index (κ3) is 7.31. The lowest BCUT2D eigenvalue weighted by Crippen LogP contribution is -2.48. The zero-order valence-corrected chi connectivity index (χ0v) is 24.5. The van der Waals surface area contributed by atoms with Crippen LogP contribution in [0.25, 0.3) is 11.0 Å². The number of aromatic nitrogens is 3. The first-order valence-electron chi connectivity index (χ1n) is 14.8. The number of piperazine rings is 1. The number of rotatable bonds is 8. The van der Waals surface area contributed by atoms with Crippen LogP contribution in [0.1, 0.15) is 46.1 Å². The number of hydrogen-bond acceptors (Lipinski definition) is 7. The number of H-pyrrole nitrogens is 1. The zero-order valence-electron chi connectivity index (χ0n) is 24.5. The normalized spacial score (nSPS) is 17.2. The Bertz CT molecular complexity index is 1560. The minimum Gasteiger partial charge on any atom is -0.481 e. The molecule has 2 fully saturated rings. The molecule has 0 radical (unpaired) electrons. The minimum absolute atomic E-state index is 0.127. The molecule has 9 nitrogen and oxygen atoms in total. The van der Waals surface area contributed by atoms with Gasteiger partial charge in [-0.15, -0.1) is 13.2 Å². The van der Waals surface area contributed by atoms with Gasteiger partial charge in [0.2, 0.25) is 5.88 Å². The predicted octanol–water partition coefficient (Wildman–Crippen LogP) is 5.20. The molecular formula is C32H35F3N6O3. The molecule has 0 unspecified atom stereocenters. The largest absolute Gasteiger partial charge is 0.573 e. The van der Waals surface area contributed by atoms with Crippen LogP contribution < -0.4 is 9.47 Å². The molecule has 1 amide bonds. The summed E-state index contributed by atoms with van der Waals surface area (Å²) in [4.78, 5) is 31.9. The maximum Gasteiger partial charge on any atom is 0.573 e. The number of alkyl halides is 3. The van der Waals surface area contributed by atoms with Crippen LogP contribution in [0, 0.1) is 0 Å². The molecule has 2 saturated heterocycles. The zero-order chi connectivity index (χ0) is 30.7. The third-order valence-electron chi connectivity index (χ3n) is 8.40. The lowest BCUT2D eigenvalue weighted by Gasteiger charge is -2.34. The SMILES string of the molecule is COc1ccc(CN2CCC(c3ccc4nc(C(=O)N5CCN(Cc6ccc(OC(F)(F)F)cc6)CC5)[nH]c4c3)CC2)cn1. The fraction of sp³-hybridized carbons (Fsp3) is 0.406. The number of pyridine rings is 1. The molecule has 2 aromatic heterocycles. The molecule has 0 spiro atoms. The second-order valence-corrected chi connectivity index (χ2v) is 11.4. The number of benzene rings is 2. The Balaban J connectivity index is 0.998. The van der Waals surface area contributed by atoms with Gasteiger partial charge in [0.25, 0.3) is 5.91 Å². The van der Waals surface area contributed by atoms with Crippen LogP contribution in [0.4, 0.5) is 13.2 Å². The van der Waals surface area contributed by atoms with Crippen molar-refractivity contribution in [3.05, 3.63) is 83.3 Å². The van der Waals surface area contributed by atoms with Gasteiger partial charge in [-0.2, -0.15) is 0 Å². The monoisotopic (exact) mass is 608 g/mol. The molecular weight excluding hydrogens is 573 g/mol. The number of carbonyl (C=O) groups excluding carboxylic acids is 1. The maximum atomic E-state index is 13.3. The molecule has 0 bridgehead atoms. The summed E-state index contributed by atoms with van der Waals surface area (Å²) in [5, 5.41) is 0. The highest BCUT2D eigenvalue weighted by atomic mass is 19.4. The number of ether oxygens (including phenoxy) is 2. The van der Waals surface area contributed by atoms with Crippen LogP contribution in [0.15, 0.2) is 60.8 Å². The quantitative estimate of drug-likeness (QED) is 0.294. The Morgan fingerprint density at radius 3 is 2.25 bits per heavy atom. The average molecular weight is 609 g/mol. The van der Waals surface area contributed by atoms with Gasteiger partial charge in [0.15, 0.2) is 5.82 Å². The number of amides is 1. The van der Waals surface area contributed by atoms with Gasteiger partial charge < -0.3 is 19.4 Å². The van der Waals surface area contributed by atoms with Gasteiger partial charge in [-0.05, 0) is 72.8 Å². The third-order valence-corrected chi connectivity index (χ3v) is 8.40. The summed E-state index contributed by atoms with van der Waals surface area (Å²) in [5.41, 5.74) is 4.97. The molecule has 6 rings (SSSR count). The number of halogens is 3. The summed E-state index contributed by atoms with van der Waals surface area (Å²) in [6.45, 7) is 5.87. The summed E-state index contributed by atoms with van der Waals surface area (Å²) in [5.74, 6) is 1.05. The number of likely N-dealkylation sites (tertiary alicyclic amines) is 1. The van der Waals surface area contributed by atoms with Gasteiger partial charge in [0, 0.05) is 51.5 Å². The Morgan fingerprint density at radius 2 is 1.59 bits per heavy atom. The highest BCUT2D eigenvalue weighted by Crippen LogP contribution is 2.31. The van der Waals surface area contributed by atoms with Crippen LogP contribution in [0.2, 0.25) is 0 Å². The Labute approximate surface area is 253 Å². The molecule has 4 aromatic rings. The smallest absolute Gasteiger partial charge is 0.481 e. The molecule has 44 heavy (non-hydrogen) atoms. The van der Waals surface area contributed by atoms with E-state index in [0.717, 1.165) is 49.1 Å². The van der Waals surface area contributed by atoms with Gasteiger partial charge in [-0.1, -0.05) is 24.3 Å². The topological polar surface area (TPSA) is 86.8 Å². The number of methoxy groups -OCH3 is 1. The van der Waals surface area contributed by atoms with Crippen molar-refractivity contribution in [2.24, 2.45) is 0 Å². The number of nitrogens with zero attached hydrogens (tertiary/aromatic N) is 5. The molecule has 2 aliphatic heterocycles. The summed E-state index contributed by atoms with van der Waals surface area (Å²) in [6, 6.07) is 16.1. The first kappa shape index (κ1) is 29.9. The van der Waals surface area contributed by atoms with E-state index in [-0.39, 0.29) is 11.7 Å². The average Bonchev–Trinajstić information content (AvgIpc) is 3.46. The number of fused-ring (bicyclic) bond motifs is 1. The maximum absolute atomic E-state index is 13.3. The molecule has 2 aromatic carbocycles. The second kappa shape index (κ2) is 12.8. The standard InChI is InChI=1S/C32H35F3N6O3/c1-43-29-9-4-23(19-36-29)21-39-12-10-24(11-13-39)25-5-8-27-28(18-25)38-30(37-27)31(42)41-16-14-40(15-17-41)20-22-2-6-26(7-3-22)44-32(33,34)35/h2-9,18-19,24H,10-17,20-21H2,1H3,(H,37,38). The van der Waals surface area contributed by atoms with Gasteiger partial charge in [-0.3, -0.25) is 14.6 Å². The van der Waals surface area contributed by atoms with Crippen LogP contribution in [0.3, 0.4) is 0 Å². The number of piperidine rings is 1. The molecule has 12 heteroatoms. The minimum atomic E-state index is -4.71. The number of imidazole rings is 1. The van der Waals surface area contributed by atoms with Crippen molar-refractivity contribution < 1.29 is 27.4 Å². The van der Waals surface area contributed by atoms with Crippen LogP contribution in [-0.2, 0) is 13.1 Å². The summed E-state index contributed by atoms with van der Waals surface area (Å²) >= 11 is 0. The number of nitrogens with one attached hydrogen (secondary N) is 1. The van der Waals surface area contributed by atoms with E-state index in [1.165, 1.54) is 23.3 Å². The van der Waals surface area contributed by atoms with E-state index in [0.29, 0.717) is 50.3 Å². The van der Waals surface area contributed by atoms with Gasteiger partial charge >= 0.3 is 6.36 Å². The molecule has 232 valence electrons. The van der Waals surface area contributed by atoms with Gasteiger partial charge in [-0.25, -0.2) is 9.97 Å². The van der Waals surface area contributed by atoms with E-state index in [2.05, 4.69) is 47.7 Å². The Kier molecular flexibility index (Phi) is 8.72. The van der Waals surface area contributed by atoms with Crippen molar-refractivity contribution in [2.75, 3.05) is 46.4 Å². The molecule has 4 heterocycles. The molecule has 1 N–H and O–H groups in total. The van der Waals surface area contributed by atoms with Crippen LogP contribution in [0.5, 0.6) is 11.6 Å². The number of hydrogen-bond donors (Lipinski definition) is 1. The molecule has 0 saturated carbocycles. The second-order valence-electron chi connectivity index (χ2n) is 11.4. The highest BCUT2D eigenvalue weighted by molar-refractivity contribution is 5.94. The highest BCUT2D eigenvalue weighted by Gasteiger charge is 2.31. The van der Waals surface area contributed by atoms with E-state index < -0.39 is 6.36 Å². The number of carbonyl (C=O) groups is 1. The summed E-state index contributed by atoms with van der Waals surface area (Å²) in [7, 11) is 1.62. The van der Waals surface area contributed by atoms with E-state index in [4.69, 9.17) is 4.74 Å². The van der Waals surface area contributed by atoms with Crippen molar-refractivity contribution >= 4 is 16.9 Å². The molecule has 2 aliphatic rings. The van der Waals surface area contributed by atoms with Crippen molar-refractivity contribution in [2.45, 2.75) is 38.2 Å². The molecule has 0 atom stereocenters. The van der Waals surface area contributed by atoms with Gasteiger partial charge in [0.05, 0.1) is 18.1 Å². The number of aromatic amines is 1. The van der Waals surface area contributed by atoms with E-state index in [1.807, 2.05) is 18.3 Å².